The molecule has 1 rings (SSSR count). The maximum atomic E-state index is 11.9. The summed E-state index contributed by atoms with van der Waals surface area (Å²) in [7, 11) is 0. The van der Waals surface area contributed by atoms with Crippen molar-refractivity contribution in [3.05, 3.63) is 17.3 Å². The van der Waals surface area contributed by atoms with Crippen molar-refractivity contribution >= 4 is 5.91 Å². The molecule has 90 valence electrons. The molecule has 0 unspecified atom stereocenters. The van der Waals surface area contributed by atoms with Crippen LogP contribution in [0, 0.1) is 6.92 Å². The fraction of sp³-hybridized carbons (Fsp3) is 0.556. The molecule has 0 aliphatic rings. The second-order valence-electron chi connectivity index (χ2n) is 3.15. The molecule has 1 aromatic rings. The van der Waals surface area contributed by atoms with Crippen LogP contribution in [0.15, 0.2) is 4.42 Å². The van der Waals surface area contributed by atoms with Gasteiger partial charge in [0.05, 0.1) is 12.2 Å². The Balaban J connectivity index is 2.61. The smallest absolute Gasteiger partial charge is 0.444 e. The van der Waals surface area contributed by atoms with Gasteiger partial charge in [-0.25, -0.2) is 4.98 Å². The zero-order valence-electron chi connectivity index (χ0n) is 8.81. The average Bonchev–Trinajstić information content (AvgIpc) is 2.54. The van der Waals surface area contributed by atoms with E-state index in [0.29, 0.717) is 18.0 Å². The van der Waals surface area contributed by atoms with Crippen molar-refractivity contribution in [2.75, 3.05) is 0 Å². The van der Waals surface area contributed by atoms with Crippen LogP contribution in [0.3, 0.4) is 0 Å². The summed E-state index contributed by atoms with van der Waals surface area (Å²) in [6.45, 7) is 3.11. The van der Waals surface area contributed by atoms with Gasteiger partial charge in [0.15, 0.2) is 5.89 Å². The molecule has 1 aromatic heterocycles. The zero-order valence-corrected chi connectivity index (χ0v) is 8.81. The first kappa shape index (κ1) is 12.5. The molecule has 0 atom stereocenters. The van der Waals surface area contributed by atoms with Crippen LogP contribution < -0.4 is 5.32 Å². The summed E-state index contributed by atoms with van der Waals surface area (Å²) in [6, 6.07) is 0. The van der Waals surface area contributed by atoms with Crippen LogP contribution in [0.5, 0.6) is 0 Å². The summed E-state index contributed by atoms with van der Waals surface area (Å²) in [5.41, 5.74) is 0.485. The number of carbonyl (C=O) groups is 1. The number of alkyl halides is 3. The van der Waals surface area contributed by atoms with Gasteiger partial charge >= 0.3 is 12.1 Å². The lowest BCUT2D eigenvalue weighted by Gasteiger charge is -2.06. The molecule has 7 heteroatoms. The molecule has 4 nitrogen and oxygen atoms in total. The van der Waals surface area contributed by atoms with Crippen molar-refractivity contribution in [2.45, 2.75) is 33.0 Å². The van der Waals surface area contributed by atoms with Gasteiger partial charge in [0.25, 0.3) is 0 Å². The van der Waals surface area contributed by atoms with Crippen LogP contribution in [0.1, 0.15) is 24.3 Å². The van der Waals surface area contributed by atoms with Gasteiger partial charge in [-0.3, -0.25) is 4.79 Å². The molecule has 0 saturated carbocycles. The number of nitrogens with one attached hydrogen (secondary N) is 1. The van der Waals surface area contributed by atoms with Gasteiger partial charge in [0.2, 0.25) is 0 Å². The van der Waals surface area contributed by atoms with E-state index in [9.17, 15) is 18.0 Å². The Morgan fingerprint density at radius 2 is 2.12 bits per heavy atom. The molecule has 0 bridgehead atoms. The summed E-state index contributed by atoms with van der Waals surface area (Å²) in [5, 5.41) is 1.72. The highest BCUT2D eigenvalue weighted by atomic mass is 19.4. The maximum absolute atomic E-state index is 11.9. The molecule has 0 aliphatic heterocycles. The maximum Gasteiger partial charge on any atom is 0.471 e. The second-order valence-corrected chi connectivity index (χ2v) is 3.15. The van der Waals surface area contributed by atoms with Crippen LogP contribution in [0.2, 0.25) is 0 Å². The lowest BCUT2D eigenvalue weighted by molar-refractivity contribution is -0.173. The van der Waals surface area contributed by atoms with Crippen LogP contribution in [-0.4, -0.2) is 17.1 Å². The van der Waals surface area contributed by atoms with Crippen molar-refractivity contribution in [3.63, 3.8) is 0 Å². The Labute approximate surface area is 89.8 Å². The lowest BCUT2D eigenvalue weighted by Crippen LogP contribution is -2.36. The van der Waals surface area contributed by atoms with E-state index in [0.717, 1.165) is 0 Å². The molecule has 0 saturated heterocycles. The Morgan fingerprint density at radius 1 is 1.50 bits per heavy atom. The summed E-state index contributed by atoms with van der Waals surface area (Å²) in [6.07, 6.45) is -4.32. The molecule has 0 fully saturated rings. The number of halogens is 3. The monoisotopic (exact) mass is 236 g/mol. The fourth-order valence-corrected chi connectivity index (χ4v) is 1.06. The highest BCUT2D eigenvalue weighted by Crippen LogP contribution is 2.15. The molecule has 0 aromatic carbocycles. The number of amides is 1. The molecule has 1 N–H and O–H groups in total. The quantitative estimate of drug-likeness (QED) is 0.869. The number of rotatable bonds is 3. The predicted molar refractivity (Wildman–Crippen MR) is 48.5 cm³/mol. The average molecular weight is 236 g/mol. The number of carbonyl (C=O) groups excluding carboxylic acids is 1. The Morgan fingerprint density at radius 3 is 2.56 bits per heavy atom. The van der Waals surface area contributed by atoms with E-state index < -0.39 is 12.1 Å². The Hall–Kier alpha value is -1.53. The van der Waals surface area contributed by atoms with Crippen molar-refractivity contribution in [1.82, 2.24) is 10.3 Å². The summed E-state index contributed by atoms with van der Waals surface area (Å²) >= 11 is 0. The van der Waals surface area contributed by atoms with Gasteiger partial charge in [-0.05, 0) is 6.92 Å². The van der Waals surface area contributed by atoms with Crippen LogP contribution in [-0.2, 0) is 17.8 Å². The van der Waals surface area contributed by atoms with E-state index in [4.69, 9.17) is 4.42 Å². The largest absolute Gasteiger partial charge is 0.471 e. The van der Waals surface area contributed by atoms with E-state index in [2.05, 4.69) is 4.98 Å². The fourth-order valence-electron chi connectivity index (χ4n) is 1.06. The first-order chi connectivity index (χ1) is 7.34. The molecular formula is C9H11F3N2O2. The predicted octanol–water partition coefficient (Wildman–Crippen LogP) is 1.72. The number of hydrogen-bond acceptors (Lipinski definition) is 3. The molecule has 0 aliphatic carbocycles. The van der Waals surface area contributed by atoms with E-state index in [-0.39, 0.29) is 12.3 Å². The van der Waals surface area contributed by atoms with Gasteiger partial charge in [0, 0.05) is 6.42 Å². The Bertz CT molecular complexity index is 385. The SMILES string of the molecule is CCc1nc(C)c(CNC(=O)C(F)(F)F)o1. The van der Waals surface area contributed by atoms with Crippen molar-refractivity contribution < 1.29 is 22.4 Å². The van der Waals surface area contributed by atoms with Gasteiger partial charge in [-0.15, -0.1) is 0 Å². The van der Waals surface area contributed by atoms with Gasteiger partial charge in [-0.1, -0.05) is 6.92 Å². The number of nitrogens with zero attached hydrogens (tertiary/aromatic N) is 1. The molecule has 0 spiro atoms. The first-order valence-corrected chi connectivity index (χ1v) is 4.64. The minimum atomic E-state index is -4.87. The van der Waals surface area contributed by atoms with E-state index in [1.165, 1.54) is 0 Å². The van der Waals surface area contributed by atoms with E-state index >= 15 is 0 Å². The lowest BCUT2D eigenvalue weighted by atomic mass is 10.3. The third-order valence-corrected chi connectivity index (χ3v) is 1.91. The molecule has 1 heterocycles. The number of aryl methyl sites for hydroxylation is 2. The molecule has 0 radical (unpaired) electrons. The van der Waals surface area contributed by atoms with Crippen molar-refractivity contribution in [1.29, 1.82) is 0 Å². The van der Waals surface area contributed by atoms with Crippen molar-refractivity contribution in [3.8, 4) is 0 Å². The van der Waals surface area contributed by atoms with Gasteiger partial charge in [-0.2, -0.15) is 13.2 Å². The highest BCUT2D eigenvalue weighted by molar-refractivity contribution is 5.81. The third-order valence-electron chi connectivity index (χ3n) is 1.91. The number of hydrogen-bond donors (Lipinski definition) is 1. The van der Waals surface area contributed by atoms with Crippen LogP contribution >= 0.6 is 0 Å². The minimum absolute atomic E-state index is 0.245. The van der Waals surface area contributed by atoms with Crippen LogP contribution in [0.25, 0.3) is 0 Å². The third kappa shape index (κ3) is 2.98. The summed E-state index contributed by atoms with van der Waals surface area (Å²) in [4.78, 5) is 14.5. The minimum Gasteiger partial charge on any atom is -0.444 e. The van der Waals surface area contributed by atoms with Crippen molar-refractivity contribution in [2.24, 2.45) is 0 Å². The van der Waals surface area contributed by atoms with Crippen LogP contribution in [0.4, 0.5) is 13.2 Å². The second kappa shape index (κ2) is 4.54. The normalized spacial score (nSPS) is 11.6. The van der Waals surface area contributed by atoms with Gasteiger partial charge < -0.3 is 9.73 Å². The Kier molecular flexibility index (Phi) is 3.56. The van der Waals surface area contributed by atoms with Gasteiger partial charge in [0.1, 0.15) is 5.76 Å². The standard InChI is InChI=1S/C9H11F3N2O2/c1-3-7-14-5(2)6(16-7)4-13-8(15)9(10,11)12/h3-4H2,1-2H3,(H,13,15). The first-order valence-electron chi connectivity index (χ1n) is 4.64. The highest BCUT2D eigenvalue weighted by Gasteiger charge is 2.38. The molecule has 16 heavy (non-hydrogen) atoms. The molecular weight excluding hydrogens is 225 g/mol. The van der Waals surface area contributed by atoms with E-state index in [1.54, 1.807) is 12.2 Å². The number of oxazole rings is 1. The summed E-state index contributed by atoms with van der Waals surface area (Å²) < 4.78 is 40.7. The zero-order chi connectivity index (χ0) is 12.3. The molecule has 1 amide bonds. The summed E-state index contributed by atoms with van der Waals surface area (Å²) in [5.74, 6) is -1.30. The topological polar surface area (TPSA) is 55.1 Å². The number of aromatic nitrogens is 1. The van der Waals surface area contributed by atoms with E-state index in [1.807, 2.05) is 6.92 Å².